The van der Waals surface area contributed by atoms with Gasteiger partial charge in [0, 0.05) is 19.1 Å². The van der Waals surface area contributed by atoms with Gasteiger partial charge in [0.05, 0.1) is 12.7 Å². The third-order valence-electron chi connectivity index (χ3n) is 3.48. The lowest BCUT2D eigenvalue weighted by molar-refractivity contribution is -0.0429. The van der Waals surface area contributed by atoms with Crippen LogP contribution in [-0.2, 0) is 4.74 Å². The van der Waals surface area contributed by atoms with Crippen molar-refractivity contribution in [1.82, 2.24) is 4.90 Å². The predicted octanol–water partition coefficient (Wildman–Crippen LogP) is 2.86. The standard InChI is InChI=1S/C14H21NO/c1-3-12(2)15-9-10-16-14(11-15)13-7-5-4-6-8-13/h4-8,12,14H,3,9-11H2,1-2H3. The van der Waals surface area contributed by atoms with Crippen molar-refractivity contribution < 1.29 is 4.74 Å². The molecule has 0 aromatic heterocycles. The van der Waals surface area contributed by atoms with Crippen LogP contribution < -0.4 is 0 Å². The van der Waals surface area contributed by atoms with E-state index in [-0.39, 0.29) is 6.10 Å². The van der Waals surface area contributed by atoms with Crippen LogP contribution in [0, 0.1) is 0 Å². The monoisotopic (exact) mass is 219 g/mol. The molecule has 1 aliphatic rings. The van der Waals surface area contributed by atoms with Crippen LogP contribution in [0.3, 0.4) is 0 Å². The van der Waals surface area contributed by atoms with Gasteiger partial charge in [-0.1, -0.05) is 37.3 Å². The zero-order chi connectivity index (χ0) is 11.4. The summed E-state index contributed by atoms with van der Waals surface area (Å²) in [4.78, 5) is 2.53. The summed E-state index contributed by atoms with van der Waals surface area (Å²) < 4.78 is 5.85. The molecule has 1 aliphatic heterocycles. The van der Waals surface area contributed by atoms with E-state index >= 15 is 0 Å². The molecule has 0 N–H and O–H groups in total. The number of hydrogen-bond donors (Lipinski definition) is 0. The Kier molecular flexibility index (Phi) is 3.97. The number of nitrogens with zero attached hydrogens (tertiary/aromatic N) is 1. The highest BCUT2D eigenvalue weighted by Crippen LogP contribution is 2.23. The van der Waals surface area contributed by atoms with Crippen LogP contribution in [0.15, 0.2) is 30.3 Å². The molecular weight excluding hydrogens is 198 g/mol. The van der Waals surface area contributed by atoms with Crippen molar-refractivity contribution in [2.45, 2.75) is 32.4 Å². The Bertz CT molecular complexity index is 312. The highest BCUT2D eigenvalue weighted by Gasteiger charge is 2.24. The quantitative estimate of drug-likeness (QED) is 0.775. The molecule has 1 saturated heterocycles. The lowest BCUT2D eigenvalue weighted by atomic mass is 10.1. The van der Waals surface area contributed by atoms with Crippen LogP contribution in [0.1, 0.15) is 31.9 Å². The summed E-state index contributed by atoms with van der Waals surface area (Å²) in [5, 5.41) is 0. The van der Waals surface area contributed by atoms with Crippen LogP contribution in [0.25, 0.3) is 0 Å². The Labute approximate surface area is 98.2 Å². The van der Waals surface area contributed by atoms with E-state index in [2.05, 4.69) is 49.1 Å². The van der Waals surface area contributed by atoms with Gasteiger partial charge in [0.25, 0.3) is 0 Å². The molecule has 1 aromatic rings. The molecule has 1 fully saturated rings. The fourth-order valence-corrected chi connectivity index (χ4v) is 2.20. The van der Waals surface area contributed by atoms with Crippen molar-refractivity contribution in [2.24, 2.45) is 0 Å². The molecule has 2 unspecified atom stereocenters. The van der Waals surface area contributed by atoms with Gasteiger partial charge in [-0.3, -0.25) is 4.90 Å². The Morgan fingerprint density at radius 2 is 2.12 bits per heavy atom. The average molecular weight is 219 g/mol. The summed E-state index contributed by atoms with van der Waals surface area (Å²) in [6.45, 7) is 7.49. The largest absolute Gasteiger partial charge is 0.371 e. The fourth-order valence-electron chi connectivity index (χ4n) is 2.20. The Morgan fingerprint density at radius 1 is 1.38 bits per heavy atom. The number of rotatable bonds is 3. The fraction of sp³-hybridized carbons (Fsp3) is 0.571. The molecule has 2 atom stereocenters. The summed E-state index contributed by atoms with van der Waals surface area (Å²) in [7, 11) is 0. The molecule has 0 saturated carbocycles. The smallest absolute Gasteiger partial charge is 0.0952 e. The first-order valence-corrected chi connectivity index (χ1v) is 6.22. The Morgan fingerprint density at radius 3 is 2.81 bits per heavy atom. The van der Waals surface area contributed by atoms with Crippen molar-refractivity contribution >= 4 is 0 Å². The summed E-state index contributed by atoms with van der Waals surface area (Å²) in [5.74, 6) is 0. The molecule has 0 spiro atoms. The Balaban J connectivity index is 2.02. The zero-order valence-corrected chi connectivity index (χ0v) is 10.2. The van der Waals surface area contributed by atoms with Crippen LogP contribution in [0.4, 0.5) is 0 Å². The first kappa shape index (κ1) is 11.6. The molecule has 0 aliphatic carbocycles. The lowest BCUT2D eigenvalue weighted by Crippen LogP contribution is -2.43. The van der Waals surface area contributed by atoms with Crippen LogP contribution in [-0.4, -0.2) is 30.6 Å². The summed E-state index contributed by atoms with van der Waals surface area (Å²) >= 11 is 0. The normalized spacial score (nSPS) is 24.2. The molecule has 16 heavy (non-hydrogen) atoms. The first-order valence-electron chi connectivity index (χ1n) is 6.22. The van der Waals surface area contributed by atoms with Gasteiger partial charge in [0.1, 0.15) is 0 Å². The molecule has 0 amide bonds. The van der Waals surface area contributed by atoms with E-state index in [1.807, 2.05) is 0 Å². The van der Waals surface area contributed by atoms with Gasteiger partial charge in [0.15, 0.2) is 0 Å². The van der Waals surface area contributed by atoms with Gasteiger partial charge in [-0.25, -0.2) is 0 Å². The zero-order valence-electron chi connectivity index (χ0n) is 10.2. The maximum absolute atomic E-state index is 5.85. The third kappa shape index (κ3) is 2.63. The molecule has 2 heteroatoms. The molecule has 0 radical (unpaired) electrons. The number of hydrogen-bond acceptors (Lipinski definition) is 2. The van der Waals surface area contributed by atoms with E-state index in [1.54, 1.807) is 0 Å². The minimum absolute atomic E-state index is 0.254. The van der Waals surface area contributed by atoms with Crippen LogP contribution in [0.2, 0.25) is 0 Å². The van der Waals surface area contributed by atoms with Gasteiger partial charge in [-0.2, -0.15) is 0 Å². The van der Waals surface area contributed by atoms with Crippen molar-refractivity contribution in [3.63, 3.8) is 0 Å². The second kappa shape index (κ2) is 5.46. The molecule has 88 valence electrons. The van der Waals surface area contributed by atoms with Gasteiger partial charge in [0.2, 0.25) is 0 Å². The topological polar surface area (TPSA) is 12.5 Å². The molecule has 0 bridgehead atoms. The number of morpholine rings is 1. The highest BCUT2D eigenvalue weighted by molar-refractivity contribution is 5.18. The van der Waals surface area contributed by atoms with Gasteiger partial charge >= 0.3 is 0 Å². The average Bonchev–Trinajstić information content (AvgIpc) is 2.39. The summed E-state index contributed by atoms with van der Waals surface area (Å²) in [6.07, 6.45) is 1.46. The van der Waals surface area contributed by atoms with Gasteiger partial charge in [-0.15, -0.1) is 0 Å². The van der Waals surface area contributed by atoms with Crippen LogP contribution >= 0.6 is 0 Å². The summed E-state index contributed by atoms with van der Waals surface area (Å²) in [6, 6.07) is 11.2. The SMILES string of the molecule is CCC(C)N1CCOC(c2ccccc2)C1. The number of benzene rings is 1. The molecule has 2 nitrogen and oxygen atoms in total. The van der Waals surface area contributed by atoms with E-state index in [9.17, 15) is 0 Å². The second-order valence-corrected chi connectivity index (χ2v) is 4.52. The van der Waals surface area contributed by atoms with Crippen LogP contribution in [0.5, 0.6) is 0 Å². The maximum atomic E-state index is 5.85. The first-order chi connectivity index (χ1) is 7.81. The lowest BCUT2D eigenvalue weighted by Gasteiger charge is -2.36. The summed E-state index contributed by atoms with van der Waals surface area (Å²) in [5.41, 5.74) is 1.30. The van der Waals surface area contributed by atoms with Crippen molar-refractivity contribution in [3.8, 4) is 0 Å². The van der Waals surface area contributed by atoms with Crippen molar-refractivity contribution in [2.75, 3.05) is 19.7 Å². The maximum Gasteiger partial charge on any atom is 0.0952 e. The van der Waals surface area contributed by atoms with Crippen molar-refractivity contribution in [3.05, 3.63) is 35.9 Å². The van der Waals surface area contributed by atoms with E-state index in [4.69, 9.17) is 4.74 Å². The van der Waals surface area contributed by atoms with E-state index < -0.39 is 0 Å². The minimum Gasteiger partial charge on any atom is -0.371 e. The van der Waals surface area contributed by atoms with Gasteiger partial charge < -0.3 is 4.74 Å². The third-order valence-corrected chi connectivity index (χ3v) is 3.48. The highest BCUT2D eigenvalue weighted by atomic mass is 16.5. The molecule has 1 heterocycles. The van der Waals surface area contributed by atoms with E-state index in [0.717, 1.165) is 19.7 Å². The van der Waals surface area contributed by atoms with Gasteiger partial charge in [-0.05, 0) is 18.9 Å². The van der Waals surface area contributed by atoms with Crippen molar-refractivity contribution in [1.29, 1.82) is 0 Å². The molecular formula is C14H21NO. The van der Waals surface area contributed by atoms with E-state index in [0.29, 0.717) is 6.04 Å². The number of ether oxygens (including phenoxy) is 1. The van der Waals surface area contributed by atoms with E-state index in [1.165, 1.54) is 12.0 Å². The second-order valence-electron chi connectivity index (χ2n) is 4.52. The Hall–Kier alpha value is -0.860. The molecule has 1 aromatic carbocycles. The predicted molar refractivity (Wildman–Crippen MR) is 66.5 cm³/mol. The minimum atomic E-state index is 0.254. The molecule has 2 rings (SSSR count).